The third-order valence-corrected chi connectivity index (χ3v) is 3.93. The zero-order valence-electron chi connectivity index (χ0n) is 16.6. The number of hydrogen-bond donors (Lipinski definition) is 5. The maximum atomic E-state index is 12.6. The Bertz CT molecular complexity index is 1040. The number of esters is 1. The number of carbonyl (C=O) groups is 4. The first-order valence-corrected chi connectivity index (χ1v) is 9.14. The van der Waals surface area contributed by atoms with Crippen LogP contribution in [0.1, 0.15) is 13.8 Å². The number of fused-ring (bicyclic) bond motifs is 1. The largest absolute Gasteiger partial charge is 0.465 e. The smallest absolute Gasteiger partial charge is 0.328 e. The van der Waals surface area contributed by atoms with E-state index in [1.807, 2.05) is 0 Å². The fourth-order valence-electron chi connectivity index (χ4n) is 2.50. The molecule has 1 aromatic carbocycles. The predicted octanol–water partition coefficient (Wildman–Crippen LogP) is -0.217. The number of H-pyrrole nitrogens is 2. The molecule has 1 aromatic heterocycles. The average Bonchev–Trinajstić information content (AvgIpc) is 3.04. The van der Waals surface area contributed by atoms with Crippen molar-refractivity contribution < 1.29 is 23.9 Å². The average molecular weight is 417 g/mol. The number of hydrogen-bond acceptors (Lipinski definition) is 6. The summed E-state index contributed by atoms with van der Waals surface area (Å²) in [7, 11) is 0. The van der Waals surface area contributed by atoms with Gasteiger partial charge in [0.2, 0.25) is 23.6 Å². The van der Waals surface area contributed by atoms with Gasteiger partial charge in [-0.1, -0.05) is 6.58 Å². The zero-order valence-corrected chi connectivity index (χ0v) is 16.6. The van der Waals surface area contributed by atoms with Crippen LogP contribution in [0.25, 0.3) is 11.0 Å². The molecule has 1 unspecified atom stereocenters. The molecular weight excluding hydrogens is 394 g/mol. The monoisotopic (exact) mass is 417 g/mol. The fraction of sp³-hybridized carbons (Fsp3) is 0.316. The molecule has 1 atom stereocenters. The SMILES string of the molecule is C=C(C)C(=O)NCCNC(=O)C(C(=O)Nc1ccc2[nH]c(=O)[nH]c2c1)C(=O)OCC. The molecule has 11 heteroatoms. The maximum Gasteiger partial charge on any atom is 0.328 e. The number of aromatic amines is 2. The Morgan fingerprint density at radius 1 is 1.07 bits per heavy atom. The van der Waals surface area contributed by atoms with Crippen molar-refractivity contribution in [2.24, 2.45) is 5.92 Å². The number of aromatic nitrogens is 2. The Morgan fingerprint density at radius 3 is 2.40 bits per heavy atom. The summed E-state index contributed by atoms with van der Waals surface area (Å²) >= 11 is 0. The minimum absolute atomic E-state index is 0.00240. The minimum atomic E-state index is -1.75. The van der Waals surface area contributed by atoms with Gasteiger partial charge >= 0.3 is 11.7 Å². The number of rotatable bonds is 9. The van der Waals surface area contributed by atoms with E-state index in [1.54, 1.807) is 13.0 Å². The highest BCUT2D eigenvalue weighted by Gasteiger charge is 2.35. The molecule has 160 valence electrons. The summed E-state index contributed by atoms with van der Waals surface area (Å²) in [5.74, 6) is -4.89. The highest BCUT2D eigenvalue weighted by atomic mass is 16.5. The lowest BCUT2D eigenvalue weighted by Gasteiger charge is -2.16. The summed E-state index contributed by atoms with van der Waals surface area (Å²) in [6.07, 6.45) is 0. The van der Waals surface area contributed by atoms with Crippen LogP contribution >= 0.6 is 0 Å². The third kappa shape index (κ3) is 5.80. The molecule has 0 fully saturated rings. The van der Waals surface area contributed by atoms with E-state index in [0.717, 1.165) is 0 Å². The number of ether oxygens (including phenoxy) is 1. The topological polar surface area (TPSA) is 162 Å². The molecule has 2 rings (SSSR count). The number of carbonyl (C=O) groups excluding carboxylic acids is 4. The molecule has 0 aliphatic rings. The van der Waals surface area contributed by atoms with Gasteiger partial charge < -0.3 is 30.7 Å². The molecule has 0 bridgehead atoms. The third-order valence-electron chi connectivity index (χ3n) is 3.93. The number of benzene rings is 1. The fourth-order valence-corrected chi connectivity index (χ4v) is 2.50. The molecule has 0 aliphatic heterocycles. The molecule has 2 aromatic rings. The van der Waals surface area contributed by atoms with Crippen molar-refractivity contribution in [2.75, 3.05) is 25.0 Å². The van der Waals surface area contributed by atoms with Gasteiger partial charge in [-0.25, -0.2) is 4.79 Å². The number of amides is 3. The van der Waals surface area contributed by atoms with Crippen LogP contribution in [0.15, 0.2) is 35.1 Å². The highest BCUT2D eigenvalue weighted by Crippen LogP contribution is 2.16. The summed E-state index contributed by atoms with van der Waals surface area (Å²) in [5.41, 5.74) is 1.16. The molecule has 30 heavy (non-hydrogen) atoms. The number of nitrogens with one attached hydrogen (secondary N) is 5. The molecule has 0 saturated carbocycles. The van der Waals surface area contributed by atoms with E-state index in [4.69, 9.17) is 4.74 Å². The van der Waals surface area contributed by atoms with Gasteiger partial charge in [0.15, 0.2) is 0 Å². The van der Waals surface area contributed by atoms with Crippen molar-refractivity contribution >= 4 is 40.4 Å². The first-order valence-electron chi connectivity index (χ1n) is 9.14. The van der Waals surface area contributed by atoms with Gasteiger partial charge in [0.25, 0.3) is 0 Å². The van der Waals surface area contributed by atoms with E-state index in [2.05, 4.69) is 32.5 Å². The molecule has 0 spiro atoms. The standard InChI is InChI=1S/C19H23N5O6/c1-4-30-18(28)14(16(26)21-8-7-20-15(25)10(2)3)17(27)22-11-5-6-12-13(9-11)24-19(29)23-12/h5-6,9,14H,2,4,7-8H2,1,3H3,(H,20,25)(H,21,26)(H,22,27)(H2,23,24,29). The summed E-state index contributed by atoms with van der Waals surface area (Å²) in [4.78, 5) is 65.1. The van der Waals surface area contributed by atoms with Gasteiger partial charge in [-0.2, -0.15) is 0 Å². The van der Waals surface area contributed by atoms with E-state index < -0.39 is 29.4 Å². The van der Waals surface area contributed by atoms with Gasteiger partial charge in [0, 0.05) is 24.4 Å². The van der Waals surface area contributed by atoms with Gasteiger partial charge in [-0.15, -0.1) is 0 Å². The molecule has 0 radical (unpaired) electrons. The molecule has 0 saturated heterocycles. The van der Waals surface area contributed by atoms with Crippen LogP contribution < -0.4 is 21.6 Å². The van der Waals surface area contributed by atoms with Crippen molar-refractivity contribution in [3.63, 3.8) is 0 Å². The van der Waals surface area contributed by atoms with E-state index in [0.29, 0.717) is 16.6 Å². The molecular formula is C19H23N5O6. The van der Waals surface area contributed by atoms with Crippen LogP contribution in [0.4, 0.5) is 5.69 Å². The lowest BCUT2D eigenvalue weighted by molar-refractivity contribution is -0.154. The van der Waals surface area contributed by atoms with Crippen molar-refractivity contribution in [3.05, 3.63) is 40.8 Å². The Hall–Kier alpha value is -3.89. The molecule has 0 aliphatic carbocycles. The van der Waals surface area contributed by atoms with Crippen molar-refractivity contribution in [3.8, 4) is 0 Å². The lowest BCUT2D eigenvalue weighted by Crippen LogP contribution is -2.45. The summed E-state index contributed by atoms with van der Waals surface area (Å²) in [6.45, 7) is 6.65. The zero-order chi connectivity index (χ0) is 22.3. The number of imidazole rings is 1. The lowest BCUT2D eigenvalue weighted by atomic mass is 10.1. The van der Waals surface area contributed by atoms with Crippen LogP contribution in [0.5, 0.6) is 0 Å². The first-order chi connectivity index (χ1) is 14.2. The van der Waals surface area contributed by atoms with E-state index in [1.165, 1.54) is 19.1 Å². The van der Waals surface area contributed by atoms with Crippen molar-refractivity contribution in [1.82, 2.24) is 20.6 Å². The van der Waals surface area contributed by atoms with E-state index >= 15 is 0 Å². The van der Waals surface area contributed by atoms with Gasteiger partial charge in [0.05, 0.1) is 17.6 Å². The second-order valence-corrected chi connectivity index (χ2v) is 6.34. The number of anilines is 1. The van der Waals surface area contributed by atoms with Crippen molar-refractivity contribution in [1.29, 1.82) is 0 Å². The van der Waals surface area contributed by atoms with Crippen LogP contribution in [-0.4, -0.2) is 53.4 Å². The highest BCUT2D eigenvalue weighted by molar-refractivity contribution is 6.19. The second kappa shape index (κ2) is 10.0. The van der Waals surface area contributed by atoms with Crippen molar-refractivity contribution in [2.45, 2.75) is 13.8 Å². The normalized spacial score (nSPS) is 11.4. The quantitative estimate of drug-likeness (QED) is 0.164. The molecule has 5 N–H and O–H groups in total. The Morgan fingerprint density at radius 2 is 1.73 bits per heavy atom. The molecule has 11 nitrogen and oxygen atoms in total. The van der Waals surface area contributed by atoms with Crippen LogP contribution in [0.2, 0.25) is 0 Å². The first kappa shape index (κ1) is 22.4. The van der Waals surface area contributed by atoms with E-state index in [-0.39, 0.29) is 31.3 Å². The summed E-state index contributed by atoms with van der Waals surface area (Å²) in [6, 6.07) is 4.56. The van der Waals surface area contributed by atoms with Gasteiger partial charge in [-0.3, -0.25) is 19.2 Å². The Labute approximate surface area is 171 Å². The Kier molecular flexibility index (Phi) is 7.50. The summed E-state index contributed by atoms with van der Waals surface area (Å²) < 4.78 is 4.84. The molecule has 3 amide bonds. The molecule has 1 heterocycles. The van der Waals surface area contributed by atoms with Gasteiger partial charge in [-0.05, 0) is 32.0 Å². The minimum Gasteiger partial charge on any atom is -0.465 e. The van der Waals surface area contributed by atoms with Gasteiger partial charge in [0.1, 0.15) is 0 Å². The maximum absolute atomic E-state index is 12.6. The summed E-state index contributed by atoms with van der Waals surface area (Å²) in [5, 5.41) is 7.40. The van der Waals surface area contributed by atoms with E-state index in [9.17, 15) is 24.0 Å². The Balaban J connectivity index is 2.06. The van der Waals surface area contributed by atoms with Crippen LogP contribution in [0, 0.1) is 5.92 Å². The van der Waals surface area contributed by atoms with Crippen LogP contribution in [-0.2, 0) is 23.9 Å². The second-order valence-electron chi connectivity index (χ2n) is 6.34. The predicted molar refractivity (Wildman–Crippen MR) is 109 cm³/mol. The van der Waals surface area contributed by atoms with Crippen LogP contribution in [0.3, 0.4) is 0 Å².